The molecule has 1 aliphatic rings. The highest BCUT2D eigenvalue weighted by Crippen LogP contribution is 2.25. The number of nitrogens with zero attached hydrogens (tertiary/aromatic N) is 1. The van der Waals surface area contributed by atoms with Gasteiger partial charge in [0.1, 0.15) is 5.75 Å². The highest BCUT2D eigenvalue weighted by Gasteiger charge is 2.33. The second-order valence-electron chi connectivity index (χ2n) is 6.17. The van der Waals surface area contributed by atoms with E-state index in [2.05, 4.69) is 48.5 Å². The molecule has 1 saturated heterocycles. The fourth-order valence-electron chi connectivity index (χ4n) is 2.34. The van der Waals surface area contributed by atoms with Gasteiger partial charge in [0, 0.05) is 24.1 Å². The minimum atomic E-state index is 0. The lowest BCUT2D eigenvalue weighted by molar-refractivity contribution is -0.0971. The number of guanidine groups is 1. The van der Waals surface area contributed by atoms with Crippen LogP contribution in [0.1, 0.15) is 25.0 Å². The molecule has 1 fully saturated rings. The SMILES string of the molecule is CCNC(=NCc1ccc(C)cc1OC)NCC1(C)COC1.I. The van der Waals surface area contributed by atoms with E-state index in [4.69, 9.17) is 9.47 Å². The van der Waals surface area contributed by atoms with E-state index >= 15 is 0 Å². The van der Waals surface area contributed by atoms with Crippen molar-refractivity contribution < 1.29 is 9.47 Å². The zero-order valence-electron chi connectivity index (χ0n) is 14.4. The molecule has 6 heteroatoms. The summed E-state index contributed by atoms with van der Waals surface area (Å²) in [5, 5.41) is 6.68. The number of rotatable bonds is 6. The molecule has 0 amide bonds. The van der Waals surface area contributed by atoms with E-state index in [1.165, 1.54) is 5.56 Å². The van der Waals surface area contributed by atoms with Gasteiger partial charge in [0.25, 0.3) is 0 Å². The normalized spacial score (nSPS) is 16.1. The Balaban J connectivity index is 0.00000264. The molecular weight excluding hydrogens is 405 g/mol. The Labute approximate surface area is 156 Å². The molecule has 0 spiro atoms. The molecule has 0 aromatic heterocycles. The molecule has 2 rings (SSSR count). The van der Waals surface area contributed by atoms with Crippen molar-refractivity contribution in [2.75, 3.05) is 33.4 Å². The maximum absolute atomic E-state index is 5.43. The molecule has 1 aromatic carbocycles. The van der Waals surface area contributed by atoms with Crippen LogP contribution in [0.2, 0.25) is 0 Å². The molecular formula is C17H28IN3O2. The van der Waals surface area contributed by atoms with Crippen LogP contribution in [0.4, 0.5) is 0 Å². The van der Waals surface area contributed by atoms with Crippen molar-refractivity contribution in [3.63, 3.8) is 0 Å². The number of hydrogen-bond acceptors (Lipinski definition) is 3. The molecule has 0 atom stereocenters. The lowest BCUT2D eigenvalue weighted by atomic mass is 9.89. The third-order valence-corrected chi connectivity index (χ3v) is 3.78. The third kappa shape index (κ3) is 5.84. The van der Waals surface area contributed by atoms with Gasteiger partial charge >= 0.3 is 0 Å². The summed E-state index contributed by atoms with van der Waals surface area (Å²) in [7, 11) is 1.70. The molecule has 1 heterocycles. The van der Waals surface area contributed by atoms with Gasteiger partial charge in [-0.15, -0.1) is 24.0 Å². The van der Waals surface area contributed by atoms with Crippen molar-refractivity contribution in [3.05, 3.63) is 29.3 Å². The van der Waals surface area contributed by atoms with Gasteiger partial charge in [-0.1, -0.05) is 19.1 Å². The van der Waals surface area contributed by atoms with E-state index in [-0.39, 0.29) is 29.4 Å². The molecule has 0 bridgehead atoms. The van der Waals surface area contributed by atoms with Crippen LogP contribution in [0.3, 0.4) is 0 Å². The Morgan fingerprint density at radius 2 is 2.09 bits per heavy atom. The third-order valence-electron chi connectivity index (χ3n) is 3.78. The molecule has 0 radical (unpaired) electrons. The molecule has 1 aliphatic heterocycles. The average Bonchev–Trinajstić information content (AvgIpc) is 2.49. The van der Waals surface area contributed by atoms with Gasteiger partial charge in [0.2, 0.25) is 0 Å². The Morgan fingerprint density at radius 3 is 2.65 bits per heavy atom. The second-order valence-corrected chi connectivity index (χ2v) is 6.17. The maximum atomic E-state index is 5.43. The van der Waals surface area contributed by atoms with Gasteiger partial charge in [-0.25, -0.2) is 4.99 Å². The van der Waals surface area contributed by atoms with Crippen molar-refractivity contribution in [1.29, 1.82) is 0 Å². The minimum Gasteiger partial charge on any atom is -0.496 e. The molecule has 0 unspecified atom stereocenters. The van der Waals surface area contributed by atoms with Crippen molar-refractivity contribution in [3.8, 4) is 5.75 Å². The van der Waals surface area contributed by atoms with E-state index < -0.39 is 0 Å². The summed E-state index contributed by atoms with van der Waals surface area (Å²) in [6.45, 7) is 10.3. The summed E-state index contributed by atoms with van der Waals surface area (Å²) in [4.78, 5) is 4.66. The van der Waals surface area contributed by atoms with Crippen LogP contribution in [0.5, 0.6) is 5.75 Å². The summed E-state index contributed by atoms with van der Waals surface area (Å²) in [6.07, 6.45) is 0. The number of aliphatic imine (C=N–C) groups is 1. The standard InChI is InChI=1S/C17H27N3O2.HI/c1-5-18-16(20-10-17(3)11-22-12-17)19-9-14-7-6-13(2)8-15(14)21-4;/h6-8H,5,9-12H2,1-4H3,(H2,18,19,20);1H. The van der Waals surface area contributed by atoms with Gasteiger partial charge in [-0.2, -0.15) is 0 Å². The maximum Gasteiger partial charge on any atom is 0.191 e. The van der Waals surface area contributed by atoms with Crippen LogP contribution in [0.15, 0.2) is 23.2 Å². The molecule has 23 heavy (non-hydrogen) atoms. The molecule has 130 valence electrons. The van der Waals surface area contributed by atoms with Crippen molar-refractivity contribution in [1.82, 2.24) is 10.6 Å². The fraction of sp³-hybridized carbons (Fsp3) is 0.588. The number of nitrogens with one attached hydrogen (secondary N) is 2. The van der Waals surface area contributed by atoms with E-state index in [0.717, 1.165) is 43.6 Å². The molecule has 1 aromatic rings. The summed E-state index contributed by atoms with van der Waals surface area (Å²) in [5.74, 6) is 1.72. The van der Waals surface area contributed by atoms with Gasteiger partial charge in [0.15, 0.2) is 5.96 Å². The van der Waals surface area contributed by atoms with Crippen LogP contribution in [0, 0.1) is 12.3 Å². The van der Waals surface area contributed by atoms with Gasteiger partial charge in [-0.3, -0.25) is 0 Å². The Kier molecular flexibility index (Phi) is 8.11. The van der Waals surface area contributed by atoms with Crippen LogP contribution in [-0.4, -0.2) is 39.4 Å². The van der Waals surface area contributed by atoms with E-state index in [1.807, 2.05) is 6.07 Å². The van der Waals surface area contributed by atoms with Crippen LogP contribution >= 0.6 is 24.0 Å². The number of methoxy groups -OCH3 is 1. The lowest BCUT2D eigenvalue weighted by Gasteiger charge is -2.38. The predicted octanol–water partition coefficient (Wildman–Crippen LogP) is 2.71. The van der Waals surface area contributed by atoms with Crippen molar-refractivity contribution in [2.45, 2.75) is 27.3 Å². The number of hydrogen-bond donors (Lipinski definition) is 2. The molecule has 0 saturated carbocycles. The zero-order valence-corrected chi connectivity index (χ0v) is 16.8. The average molecular weight is 433 g/mol. The first-order valence-electron chi connectivity index (χ1n) is 7.80. The minimum absolute atomic E-state index is 0. The first-order chi connectivity index (χ1) is 10.6. The van der Waals surface area contributed by atoms with Gasteiger partial charge in [-0.05, 0) is 25.5 Å². The molecule has 2 N–H and O–H groups in total. The number of halogens is 1. The van der Waals surface area contributed by atoms with Crippen LogP contribution in [0.25, 0.3) is 0 Å². The van der Waals surface area contributed by atoms with Gasteiger partial charge < -0.3 is 20.1 Å². The fourth-order valence-corrected chi connectivity index (χ4v) is 2.34. The quantitative estimate of drug-likeness (QED) is 0.412. The Morgan fingerprint density at radius 1 is 1.35 bits per heavy atom. The molecule has 5 nitrogen and oxygen atoms in total. The van der Waals surface area contributed by atoms with E-state index in [0.29, 0.717) is 6.54 Å². The monoisotopic (exact) mass is 433 g/mol. The summed E-state index contributed by atoms with van der Waals surface area (Å²) < 4.78 is 10.7. The van der Waals surface area contributed by atoms with Gasteiger partial charge in [0.05, 0.1) is 26.9 Å². The zero-order chi connectivity index (χ0) is 16.0. The largest absolute Gasteiger partial charge is 0.496 e. The summed E-state index contributed by atoms with van der Waals surface area (Å²) in [6, 6.07) is 6.20. The first-order valence-corrected chi connectivity index (χ1v) is 7.80. The van der Waals surface area contributed by atoms with Crippen LogP contribution < -0.4 is 15.4 Å². The van der Waals surface area contributed by atoms with E-state index in [9.17, 15) is 0 Å². The highest BCUT2D eigenvalue weighted by atomic mass is 127. The number of ether oxygens (including phenoxy) is 2. The van der Waals surface area contributed by atoms with Crippen molar-refractivity contribution in [2.24, 2.45) is 10.4 Å². The van der Waals surface area contributed by atoms with Crippen molar-refractivity contribution >= 4 is 29.9 Å². The predicted molar refractivity (Wildman–Crippen MR) is 105 cm³/mol. The van der Waals surface area contributed by atoms with Crippen LogP contribution in [-0.2, 0) is 11.3 Å². The summed E-state index contributed by atoms with van der Waals surface area (Å²) in [5.41, 5.74) is 2.49. The number of aryl methyl sites for hydroxylation is 1. The topological polar surface area (TPSA) is 54.9 Å². The Hall–Kier alpha value is -1.02. The smallest absolute Gasteiger partial charge is 0.191 e. The highest BCUT2D eigenvalue weighted by molar-refractivity contribution is 14.0. The Bertz CT molecular complexity index is 531. The lowest BCUT2D eigenvalue weighted by Crippen LogP contribution is -2.51. The summed E-state index contributed by atoms with van der Waals surface area (Å²) >= 11 is 0. The van der Waals surface area contributed by atoms with E-state index in [1.54, 1.807) is 7.11 Å². The molecule has 0 aliphatic carbocycles. The number of benzene rings is 1. The second kappa shape index (κ2) is 9.32. The first kappa shape index (κ1) is 20.0.